The molecule has 0 saturated carbocycles. The lowest BCUT2D eigenvalue weighted by molar-refractivity contribution is -0.688. The molecule has 0 spiro atoms. The van der Waals surface area contributed by atoms with E-state index in [0.29, 0.717) is 12.2 Å². The van der Waals surface area contributed by atoms with E-state index in [1.54, 1.807) is 12.1 Å². The molecule has 0 aliphatic heterocycles. The van der Waals surface area contributed by atoms with Crippen LogP contribution in [0.15, 0.2) is 54.9 Å². The molecule has 65 heavy (non-hydrogen) atoms. The number of hydrogen-bond donors (Lipinski definition) is 0. The molecule has 5 aromatic carbocycles. The maximum absolute atomic E-state index is 15.4. The van der Waals surface area contributed by atoms with E-state index in [2.05, 4.69) is 19.1 Å². The van der Waals surface area contributed by atoms with Crippen LogP contribution in [0, 0.1) is 116 Å². The summed E-state index contributed by atoms with van der Waals surface area (Å²) in [5.74, 6) is -71.7. The number of carbonyl (C=O) groups is 1. The number of aromatic nitrogens is 1. The lowest BCUT2D eigenvalue weighted by Crippen LogP contribution is -2.81. The van der Waals surface area contributed by atoms with Crippen LogP contribution in [-0.4, -0.2) is 18.7 Å². The number of esters is 1. The molecule has 1 heterocycles. The van der Waals surface area contributed by atoms with Crippen LogP contribution in [0.4, 0.5) is 87.8 Å². The van der Waals surface area contributed by atoms with Gasteiger partial charge in [-0.1, -0.05) is 43.7 Å². The van der Waals surface area contributed by atoms with E-state index in [0.717, 1.165) is 19.4 Å². The largest absolute Gasteiger partial charge is 0.462 e. The van der Waals surface area contributed by atoms with Gasteiger partial charge in [-0.2, -0.15) is 0 Å². The van der Waals surface area contributed by atoms with Gasteiger partial charge in [0, 0.05) is 17.7 Å². The Morgan fingerprint density at radius 1 is 0.431 bits per heavy atom. The minimum atomic E-state index is -7.22. The van der Waals surface area contributed by atoms with E-state index in [-0.39, 0.29) is 5.97 Å². The van der Waals surface area contributed by atoms with Crippen LogP contribution in [0.2, 0.25) is 0 Å². The molecule has 0 aliphatic carbocycles. The molecule has 0 bridgehead atoms. The molecular formula is C41H20BF20NO2. The monoisotopic (exact) mass is 949 g/mol. The SMILES string of the molecule is CCCCOC(=O)c1cc[n+](Cc2ccccc2)cc1.Fc1c(F)c(F)c([B-](c2c(F)c(F)c(F)c(F)c2F)(c2c(F)c(F)c(F)c(F)c2F)c2c(F)c(F)c(F)c(F)c2F)c(F)c1F. The van der Waals surface area contributed by atoms with Crippen molar-refractivity contribution in [3.8, 4) is 0 Å². The maximum Gasteiger partial charge on any atom is 0.338 e. The van der Waals surface area contributed by atoms with Crippen LogP contribution >= 0.6 is 0 Å². The summed E-state index contributed by atoms with van der Waals surface area (Å²) in [5, 5.41) is 0. The van der Waals surface area contributed by atoms with Gasteiger partial charge in [-0.05, 0) is 6.42 Å². The summed E-state index contributed by atoms with van der Waals surface area (Å²) in [6.07, 6.45) is -1.47. The van der Waals surface area contributed by atoms with Crippen LogP contribution in [0.3, 0.4) is 0 Å². The summed E-state index contributed by atoms with van der Waals surface area (Å²) in [7, 11) is 0. The summed E-state index contributed by atoms with van der Waals surface area (Å²) in [5.41, 5.74) is -12.5. The first-order chi connectivity index (χ1) is 30.5. The van der Waals surface area contributed by atoms with E-state index in [4.69, 9.17) is 4.74 Å². The molecule has 0 atom stereocenters. The maximum atomic E-state index is 15.4. The predicted octanol–water partition coefficient (Wildman–Crippen LogP) is 8.83. The number of ether oxygens (including phenoxy) is 1. The van der Waals surface area contributed by atoms with Gasteiger partial charge in [0.1, 0.15) is 52.7 Å². The molecule has 0 aliphatic rings. The minimum Gasteiger partial charge on any atom is -0.462 e. The summed E-state index contributed by atoms with van der Waals surface area (Å²) >= 11 is 0. The standard InChI is InChI=1S/C24BF20.C17H20NO2/c26-5-1(6(27)14(35)21(42)13(5)34)25(2-7(28)15(36)22(43)16(37)8(2)29,3-9(30)17(38)23(44)18(39)10(3)31)4-11(32)19(40)24(45)20(41)12(4)33;1-2-3-13-20-17(19)16-9-11-18(12-10-16)14-15-7-5-4-6-8-15/h;4-12H,2-3,13-14H2,1H3/q-1;+1. The van der Waals surface area contributed by atoms with Gasteiger partial charge in [0.05, 0.1) is 12.2 Å². The first-order valence-corrected chi connectivity index (χ1v) is 17.9. The molecule has 6 aromatic rings. The Morgan fingerprint density at radius 2 is 0.708 bits per heavy atom. The molecule has 344 valence electrons. The third-order valence-corrected chi connectivity index (χ3v) is 9.77. The fourth-order valence-electron chi connectivity index (χ4n) is 6.76. The van der Waals surface area contributed by atoms with Gasteiger partial charge >= 0.3 is 5.97 Å². The Morgan fingerprint density at radius 3 is 0.985 bits per heavy atom. The van der Waals surface area contributed by atoms with Gasteiger partial charge < -0.3 is 4.74 Å². The number of nitrogens with zero attached hydrogens (tertiary/aromatic N) is 1. The van der Waals surface area contributed by atoms with Crippen LogP contribution in [0.25, 0.3) is 0 Å². The quantitative estimate of drug-likeness (QED) is 0.0262. The number of halogens is 20. The van der Waals surface area contributed by atoms with Crippen LogP contribution in [0.1, 0.15) is 35.7 Å². The summed E-state index contributed by atoms with van der Waals surface area (Å²) in [6, 6.07) is 13.8. The highest BCUT2D eigenvalue weighted by atomic mass is 19.2. The summed E-state index contributed by atoms with van der Waals surface area (Å²) in [6.45, 7) is 3.36. The van der Waals surface area contributed by atoms with Crippen molar-refractivity contribution in [3.05, 3.63) is 182 Å². The Balaban J connectivity index is 0.000000330. The van der Waals surface area contributed by atoms with E-state index >= 15 is 35.1 Å². The number of unbranched alkanes of at least 4 members (excludes halogenated alkanes) is 1. The summed E-state index contributed by atoms with van der Waals surface area (Å²) < 4.78 is 301. The van der Waals surface area contributed by atoms with Gasteiger partial charge in [0.15, 0.2) is 88.7 Å². The highest BCUT2D eigenvalue weighted by Crippen LogP contribution is 2.30. The van der Waals surface area contributed by atoms with Gasteiger partial charge in [-0.25, -0.2) is 97.2 Å². The average molecular weight is 949 g/mol. The zero-order valence-electron chi connectivity index (χ0n) is 31.9. The topological polar surface area (TPSA) is 30.2 Å². The smallest absolute Gasteiger partial charge is 0.338 e. The molecular weight excluding hydrogens is 929 g/mol. The van der Waals surface area contributed by atoms with E-state index in [1.165, 1.54) is 5.56 Å². The van der Waals surface area contributed by atoms with Crippen LogP contribution in [-0.2, 0) is 11.3 Å². The second-order valence-electron chi connectivity index (χ2n) is 13.5. The van der Waals surface area contributed by atoms with E-state index < -0.39 is 144 Å². The molecule has 0 unspecified atom stereocenters. The summed E-state index contributed by atoms with van der Waals surface area (Å²) in [4.78, 5) is 11.8. The Labute approximate surface area is 351 Å². The first-order valence-electron chi connectivity index (χ1n) is 17.9. The lowest BCUT2D eigenvalue weighted by Gasteiger charge is -2.44. The molecule has 24 heteroatoms. The third kappa shape index (κ3) is 8.44. The second kappa shape index (κ2) is 19.2. The average Bonchev–Trinajstić information content (AvgIpc) is 3.29. The van der Waals surface area contributed by atoms with Gasteiger partial charge in [0.25, 0.3) is 0 Å². The van der Waals surface area contributed by atoms with Gasteiger partial charge in [0.2, 0.25) is 0 Å². The second-order valence-corrected chi connectivity index (χ2v) is 13.5. The van der Waals surface area contributed by atoms with Crippen molar-refractivity contribution in [3.63, 3.8) is 0 Å². The van der Waals surface area contributed by atoms with Crippen molar-refractivity contribution < 1.29 is 102 Å². The predicted molar refractivity (Wildman–Crippen MR) is 187 cm³/mol. The fraction of sp³-hybridized carbons (Fsp3) is 0.122. The Bertz CT molecular complexity index is 2440. The Hall–Kier alpha value is -6.62. The highest BCUT2D eigenvalue weighted by molar-refractivity contribution is 7.20. The molecule has 0 saturated heterocycles. The number of rotatable bonds is 10. The molecule has 0 radical (unpaired) electrons. The molecule has 3 nitrogen and oxygen atoms in total. The van der Waals surface area contributed by atoms with Gasteiger partial charge in [-0.3, -0.25) is 0 Å². The number of carbonyl (C=O) groups excluding carboxylic acids is 1. The number of benzene rings is 5. The van der Waals surface area contributed by atoms with Crippen molar-refractivity contribution in [1.29, 1.82) is 0 Å². The van der Waals surface area contributed by atoms with Crippen LogP contribution < -0.4 is 26.4 Å². The van der Waals surface area contributed by atoms with Crippen LogP contribution in [0.5, 0.6) is 0 Å². The minimum absolute atomic E-state index is 0.245. The van der Waals surface area contributed by atoms with Crippen molar-refractivity contribution in [1.82, 2.24) is 0 Å². The number of pyridine rings is 1. The van der Waals surface area contributed by atoms with Crippen molar-refractivity contribution in [2.45, 2.75) is 26.3 Å². The van der Waals surface area contributed by atoms with Crippen molar-refractivity contribution in [2.75, 3.05) is 6.61 Å². The molecule has 1 aromatic heterocycles. The van der Waals surface area contributed by atoms with Crippen molar-refractivity contribution in [2.24, 2.45) is 0 Å². The fourth-order valence-corrected chi connectivity index (χ4v) is 6.76. The van der Waals surface area contributed by atoms with E-state index in [1.807, 2.05) is 35.2 Å². The first kappa shape index (κ1) is 49.4. The van der Waals surface area contributed by atoms with Gasteiger partial charge in [-0.15, -0.1) is 21.9 Å². The number of hydrogen-bond acceptors (Lipinski definition) is 2. The van der Waals surface area contributed by atoms with Crippen molar-refractivity contribution >= 4 is 34.0 Å². The molecule has 6 rings (SSSR count). The zero-order valence-corrected chi connectivity index (χ0v) is 31.9. The third-order valence-electron chi connectivity index (χ3n) is 9.77. The molecule has 0 amide bonds. The highest BCUT2D eigenvalue weighted by Gasteiger charge is 2.52. The van der Waals surface area contributed by atoms with E-state index in [9.17, 15) is 57.5 Å². The normalized spacial score (nSPS) is 11.5. The zero-order chi connectivity index (χ0) is 48.6. The molecule has 0 N–H and O–H groups in total. The Kier molecular flexibility index (Phi) is 14.6. The lowest BCUT2D eigenvalue weighted by atomic mass is 9.12. The molecule has 0 fully saturated rings.